The zero-order valence-corrected chi connectivity index (χ0v) is 15.5. The van der Waals surface area contributed by atoms with Crippen LogP contribution in [0.15, 0.2) is 83.8 Å². The number of amides is 1. The molecule has 3 rings (SSSR count). The van der Waals surface area contributed by atoms with Gasteiger partial charge in [0, 0.05) is 17.0 Å². The summed E-state index contributed by atoms with van der Waals surface area (Å²) in [4.78, 5) is 24.6. The molecule has 0 aliphatic carbocycles. The lowest BCUT2D eigenvalue weighted by molar-refractivity contribution is -0.384. The SMILES string of the molecule is Cc1ccc([N+](=O)[O-])cc1NC(=O)[C@@H](Sc1ccccc1)c1ccccc1. The molecule has 0 aromatic heterocycles. The van der Waals surface area contributed by atoms with Crippen molar-refractivity contribution in [2.75, 3.05) is 5.32 Å². The number of benzene rings is 3. The Morgan fingerprint density at radius 2 is 1.63 bits per heavy atom. The maximum Gasteiger partial charge on any atom is 0.271 e. The van der Waals surface area contributed by atoms with Crippen LogP contribution in [-0.4, -0.2) is 10.8 Å². The van der Waals surface area contributed by atoms with Crippen LogP contribution in [0.3, 0.4) is 0 Å². The second kappa shape index (κ2) is 8.51. The fourth-order valence-corrected chi connectivity index (χ4v) is 3.64. The van der Waals surface area contributed by atoms with E-state index in [0.29, 0.717) is 5.69 Å². The van der Waals surface area contributed by atoms with Gasteiger partial charge in [-0.25, -0.2) is 0 Å². The van der Waals surface area contributed by atoms with E-state index in [1.54, 1.807) is 13.0 Å². The zero-order chi connectivity index (χ0) is 19.2. The molecular formula is C21H18N2O3S. The van der Waals surface area contributed by atoms with Crippen LogP contribution in [0.1, 0.15) is 16.4 Å². The maximum atomic E-state index is 13.0. The normalized spacial score (nSPS) is 11.6. The number of nitro groups is 1. The van der Waals surface area contributed by atoms with Gasteiger partial charge in [-0.3, -0.25) is 14.9 Å². The number of carbonyl (C=O) groups is 1. The smallest absolute Gasteiger partial charge is 0.271 e. The topological polar surface area (TPSA) is 72.2 Å². The molecule has 0 aliphatic heterocycles. The van der Waals surface area contributed by atoms with Crippen LogP contribution < -0.4 is 5.32 Å². The van der Waals surface area contributed by atoms with Gasteiger partial charge in [-0.05, 0) is 30.2 Å². The van der Waals surface area contributed by atoms with E-state index in [0.717, 1.165) is 16.0 Å². The molecule has 6 heteroatoms. The van der Waals surface area contributed by atoms with Gasteiger partial charge < -0.3 is 5.32 Å². The molecule has 1 N–H and O–H groups in total. The first-order valence-corrected chi connectivity index (χ1v) is 9.25. The third kappa shape index (κ3) is 4.74. The predicted octanol–water partition coefficient (Wildman–Crippen LogP) is 5.38. The first-order chi connectivity index (χ1) is 13.0. The molecule has 3 aromatic carbocycles. The third-order valence-electron chi connectivity index (χ3n) is 4.03. The summed E-state index contributed by atoms with van der Waals surface area (Å²) in [6.07, 6.45) is 0. The van der Waals surface area contributed by atoms with Crippen LogP contribution in [0, 0.1) is 17.0 Å². The second-order valence-electron chi connectivity index (χ2n) is 5.97. The molecule has 0 bridgehead atoms. The molecule has 0 saturated carbocycles. The second-order valence-corrected chi connectivity index (χ2v) is 7.15. The Morgan fingerprint density at radius 3 is 2.26 bits per heavy atom. The molecular weight excluding hydrogens is 360 g/mol. The quantitative estimate of drug-likeness (QED) is 0.355. The van der Waals surface area contributed by atoms with Crippen LogP contribution in [0.4, 0.5) is 11.4 Å². The number of hydrogen-bond acceptors (Lipinski definition) is 4. The van der Waals surface area contributed by atoms with E-state index in [1.807, 2.05) is 60.7 Å². The number of carbonyl (C=O) groups excluding carboxylic acids is 1. The molecule has 0 aliphatic rings. The van der Waals surface area contributed by atoms with E-state index in [1.165, 1.54) is 23.9 Å². The molecule has 0 heterocycles. The Kier molecular flexibility index (Phi) is 5.88. The number of thioether (sulfide) groups is 1. The predicted molar refractivity (Wildman–Crippen MR) is 108 cm³/mol. The lowest BCUT2D eigenvalue weighted by Crippen LogP contribution is -2.19. The highest BCUT2D eigenvalue weighted by molar-refractivity contribution is 8.00. The zero-order valence-electron chi connectivity index (χ0n) is 14.7. The monoisotopic (exact) mass is 378 g/mol. The molecule has 0 fully saturated rings. The van der Waals surface area contributed by atoms with E-state index in [2.05, 4.69) is 5.32 Å². The Bertz CT molecular complexity index is 946. The Balaban J connectivity index is 1.89. The standard InChI is InChI=1S/C21H18N2O3S/c1-15-12-13-17(23(25)26)14-19(15)22-21(24)20(16-8-4-2-5-9-16)27-18-10-6-3-7-11-18/h2-14,20H,1H3,(H,22,24)/t20-/m0/s1. The van der Waals surface area contributed by atoms with Crippen molar-refractivity contribution in [3.63, 3.8) is 0 Å². The van der Waals surface area contributed by atoms with Gasteiger partial charge in [-0.1, -0.05) is 54.6 Å². The minimum Gasteiger partial charge on any atom is -0.324 e. The van der Waals surface area contributed by atoms with Crippen molar-refractivity contribution in [3.05, 3.63) is 100 Å². The van der Waals surface area contributed by atoms with E-state index in [-0.39, 0.29) is 11.6 Å². The largest absolute Gasteiger partial charge is 0.324 e. The van der Waals surface area contributed by atoms with E-state index < -0.39 is 10.2 Å². The van der Waals surface area contributed by atoms with E-state index in [9.17, 15) is 14.9 Å². The lowest BCUT2D eigenvalue weighted by atomic mass is 10.1. The number of non-ortho nitro benzene ring substituents is 1. The summed E-state index contributed by atoms with van der Waals surface area (Å²) >= 11 is 1.44. The van der Waals surface area contributed by atoms with E-state index in [4.69, 9.17) is 0 Å². The van der Waals surface area contributed by atoms with E-state index >= 15 is 0 Å². The van der Waals surface area contributed by atoms with Crippen LogP contribution >= 0.6 is 11.8 Å². The minimum atomic E-state index is -0.479. The summed E-state index contributed by atoms with van der Waals surface area (Å²) < 4.78 is 0. The highest BCUT2D eigenvalue weighted by Crippen LogP contribution is 2.36. The summed E-state index contributed by atoms with van der Waals surface area (Å²) in [5.74, 6) is -0.223. The highest BCUT2D eigenvalue weighted by Gasteiger charge is 2.23. The van der Waals surface area contributed by atoms with Gasteiger partial charge in [0.2, 0.25) is 5.91 Å². The number of anilines is 1. The van der Waals surface area contributed by atoms with Crippen molar-refractivity contribution in [3.8, 4) is 0 Å². The summed E-state index contributed by atoms with van der Waals surface area (Å²) in [7, 11) is 0. The average molecular weight is 378 g/mol. The van der Waals surface area contributed by atoms with Crippen LogP contribution in [0.2, 0.25) is 0 Å². The number of aryl methyl sites for hydroxylation is 1. The number of nitrogens with zero attached hydrogens (tertiary/aromatic N) is 1. The first kappa shape index (κ1) is 18.7. The van der Waals surface area contributed by atoms with Gasteiger partial charge in [0.05, 0.1) is 10.6 Å². The van der Waals surface area contributed by atoms with Crippen molar-refractivity contribution < 1.29 is 9.72 Å². The summed E-state index contributed by atoms with van der Waals surface area (Å²) in [6, 6.07) is 23.6. The number of hydrogen-bond donors (Lipinski definition) is 1. The molecule has 27 heavy (non-hydrogen) atoms. The van der Waals surface area contributed by atoms with Gasteiger partial charge in [-0.2, -0.15) is 0 Å². The highest BCUT2D eigenvalue weighted by atomic mass is 32.2. The first-order valence-electron chi connectivity index (χ1n) is 8.37. The van der Waals surface area contributed by atoms with Crippen molar-refractivity contribution in [1.29, 1.82) is 0 Å². The van der Waals surface area contributed by atoms with Crippen molar-refractivity contribution in [2.45, 2.75) is 17.1 Å². The van der Waals surface area contributed by atoms with Crippen molar-refractivity contribution in [1.82, 2.24) is 0 Å². The van der Waals surface area contributed by atoms with Crippen LogP contribution in [-0.2, 0) is 4.79 Å². The number of nitro benzene ring substituents is 1. The lowest BCUT2D eigenvalue weighted by Gasteiger charge is -2.18. The molecule has 0 spiro atoms. The summed E-state index contributed by atoms with van der Waals surface area (Å²) in [6.45, 7) is 1.81. The Morgan fingerprint density at radius 1 is 1.00 bits per heavy atom. The van der Waals surface area contributed by atoms with Gasteiger partial charge in [0.15, 0.2) is 0 Å². The summed E-state index contributed by atoms with van der Waals surface area (Å²) in [5.41, 5.74) is 2.03. The van der Waals surface area contributed by atoms with Gasteiger partial charge in [0.1, 0.15) is 5.25 Å². The van der Waals surface area contributed by atoms with Gasteiger partial charge >= 0.3 is 0 Å². The average Bonchev–Trinajstić information content (AvgIpc) is 2.69. The molecule has 1 amide bonds. The molecule has 1 atom stereocenters. The Labute approximate surface area is 161 Å². The maximum absolute atomic E-state index is 13.0. The van der Waals surface area contributed by atoms with Crippen molar-refractivity contribution >= 4 is 29.0 Å². The molecule has 0 radical (unpaired) electrons. The summed E-state index contributed by atoms with van der Waals surface area (Å²) in [5, 5.41) is 13.4. The van der Waals surface area contributed by atoms with Crippen LogP contribution in [0.5, 0.6) is 0 Å². The van der Waals surface area contributed by atoms with Gasteiger partial charge in [0.25, 0.3) is 5.69 Å². The van der Waals surface area contributed by atoms with Crippen molar-refractivity contribution in [2.24, 2.45) is 0 Å². The minimum absolute atomic E-state index is 0.0529. The van der Waals surface area contributed by atoms with Gasteiger partial charge in [-0.15, -0.1) is 11.8 Å². The van der Waals surface area contributed by atoms with Crippen LogP contribution in [0.25, 0.3) is 0 Å². The molecule has 136 valence electrons. The third-order valence-corrected chi connectivity index (χ3v) is 5.29. The molecule has 5 nitrogen and oxygen atoms in total. The molecule has 0 unspecified atom stereocenters. The Hall–Kier alpha value is -3.12. The number of rotatable bonds is 6. The fraction of sp³-hybridized carbons (Fsp3) is 0.0952. The molecule has 0 saturated heterocycles. The molecule has 3 aromatic rings. The fourth-order valence-electron chi connectivity index (χ4n) is 2.59. The number of nitrogens with one attached hydrogen (secondary N) is 1.